The van der Waals surface area contributed by atoms with E-state index < -0.39 is 0 Å². The second-order valence-electron chi connectivity index (χ2n) is 4.52. The van der Waals surface area contributed by atoms with E-state index in [4.69, 9.17) is 0 Å². The third kappa shape index (κ3) is 1.50. The lowest BCUT2D eigenvalue weighted by molar-refractivity contribution is 0.0971. The van der Waals surface area contributed by atoms with Crippen molar-refractivity contribution in [1.82, 2.24) is 0 Å². The maximum absolute atomic E-state index is 12.1. The Morgan fingerprint density at radius 2 is 2.00 bits per heavy atom. The van der Waals surface area contributed by atoms with E-state index in [0.717, 1.165) is 16.3 Å². The quantitative estimate of drug-likeness (QED) is 0.708. The van der Waals surface area contributed by atoms with Crippen LogP contribution in [0.5, 0.6) is 0 Å². The summed E-state index contributed by atoms with van der Waals surface area (Å²) in [6.45, 7) is 1.52. The number of rotatable bonds is 1. The minimum Gasteiger partial charge on any atom is -0.294 e. The largest absolute Gasteiger partial charge is 0.294 e. The number of carbonyl (C=O) groups is 2. The van der Waals surface area contributed by atoms with Crippen molar-refractivity contribution in [2.75, 3.05) is 0 Å². The number of allylic oxidation sites excluding steroid dienone is 1. The molecule has 0 amide bonds. The lowest BCUT2D eigenvalue weighted by atomic mass is 9.86. The average Bonchev–Trinajstić information content (AvgIpc) is 2.36. The number of hydrogen-bond donors (Lipinski definition) is 0. The van der Waals surface area contributed by atoms with Crippen molar-refractivity contribution in [3.05, 3.63) is 53.1 Å². The van der Waals surface area contributed by atoms with Crippen molar-refractivity contribution in [2.24, 2.45) is 0 Å². The summed E-state index contributed by atoms with van der Waals surface area (Å²) in [5.74, 6) is -0.0184. The zero-order valence-corrected chi connectivity index (χ0v) is 10.1. The van der Waals surface area contributed by atoms with Gasteiger partial charge in [0.25, 0.3) is 0 Å². The number of Topliss-reactive ketones (excluding diaryl/α,β-unsaturated/α-hetero) is 2. The van der Waals surface area contributed by atoms with Gasteiger partial charge in [0, 0.05) is 17.5 Å². The number of fused-ring (bicyclic) bond motifs is 2. The highest BCUT2D eigenvalue weighted by molar-refractivity contribution is 6.19. The van der Waals surface area contributed by atoms with Crippen LogP contribution in [0, 0.1) is 0 Å². The number of benzene rings is 2. The van der Waals surface area contributed by atoms with Gasteiger partial charge < -0.3 is 0 Å². The molecule has 1 aliphatic rings. The number of carbonyl (C=O) groups excluding carboxylic acids is 2. The van der Waals surface area contributed by atoms with E-state index in [-0.39, 0.29) is 11.6 Å². The summed E-state index contributed by atoms with van der Waals surface area (Å²) in [6, 6.07) is 9.68. The molecular formula is C16H12O2. The Balaban J connectivity index is 2.51. The minimum absolute atomic E-state index is 0.0310. The fraction of sp³-hybridized carbons (Fsp3) is 0.125. The first kappa shape index (κ1) is 10.9. The van der Waals surface area contributed by atoms with E-state index >= 15 is 0 Å². The van der Waals surface area contributed by atoms with Crippen molar-refractivity contribution in [3.8, 4) is 0 Å². The molecule has 0 atom stereocenters. The highest BCUT2D eigenvalue weighted by Gasteiger charge is 2.22. The van der Waals surface area contributed by atoms with Crippen molar-refractivity contribution in [2.45, 2.75) is 13.3 Å². The van der Waals surface area contributed by atoms with E-state index in [0.29, 0.717) is 17.5 Å². The van der Waals surface area contributed by atoms with E-state index in [1.807, 2.05) is 42.5 Å². The molecule has 0 aliphatic heterocycles. The fourth-order valence-electron chi connectivity index (χ4n) is 2.56. The van der Waals surface area contributed by atoms with Crippen LogP contribution in [0.15, 0.2) is 36.4 Å². The van der Waals surface area contributed by atoms with Crippen molar-refractivity contribution in [1.29, 1.82) is 0 Å². The van der Waals surface area contributed by atoms with Crippen LogP contribution in [0.25, 0.3) is 16.8 Å². The summed E-state index contributed by atoms with van der Waals surface area (Å²) in [5, 5.41) is 1.87. The third-order valence-electron chi connectivity index (χ3n) is 3.31. The molecule has 0 radical (unpaired) electrons. The minimum atomic E-state index is -0.0494. The Morgan fingerprint density at radius 3 is 2.78 bits per heavy atom. The highest BCUT2D eigenvalue weighted by Crippen LogP contribution is 2.30. The molecule has 0 saturated carbocycles. The average molecular weight is 236 g/mol. The van der Waals surface area contributed by atoms with Gasteiger partial charge in [-0.05, 0) is 29.3 Å². The van der Waals surface area contributed by atoms with E-state index in [2.05, 4.69) is 0 Å². The second-order valence-corrected chi connectivity index (χ2v) is 4.52. The first-order valence-electron chi connectivity index (χ1n) is 5.95. The molecule has 18 heavy (non-hydrogen) atoms. The molecule has 1 aliphatic carbocycles. The molecule has 0 N–H and O–H groups in total. The molecule has 0 heterocycles. The summed E-state index contributed by atoms with van der Waals surface area (Å²) in [7, 11) is 0. The van der Waals surface area contributed by atoms with Gasteiger partial charge in [-0.15, -0.1) is 0 Å². The predicted octanol–water partition coefficient (Wildman–Crippen LogP) is 3.64. The predicted molar refractivity (Wildman–Crippen MR) is 71.9 cm³/mol. The lowest BCUT2D eigenvalue weighted by Crippen LogP contribution is -2.12. The fourth-order valence-corrected chi connectivity index (χ4v) is 2.56. The molecule has 0 spiro atoms. The maximum Gasteiger partial charge on any atom is 0.167 e. The molecule has 2 aromatic rings. The summed E-state index contributed by atoms with van der Waals surface area (Å²) in [4.78, 5) is 24.0. The molecule has 0 fully saturated rings. The first-order chi connectivity index (χ1) is 8.68. The number of ketones is 2. The summed E-state index contributed by atoms with van der Waals surface area (Å²) >= 11 is 0. The van der Waals surface area contributed by atoms with Crippen LogP contribution in [0.4, 0.5) is 0 Å². The first-order valence-corrected chi connectivity index (χ1v) is 5.95. The topological polar surface area (TPSA) is 34.1 Å². The molecule has 0 bridgehead atoms. The Labute approximate surface area is 105 Å². The highest BCUT2D eigenvalue weighted by atomic mass is 16.1. The molecule has 2 nitrogen and oxygen atoms in total. The Hall–Kier alpha value is -2.22. The third-order valence-corrected chi connectivity index (χ3v) is 3.31. The summed E-state index contributed by atoms with van der Waals surface area (Å²) < 4.78 is 0. The normalized spacial score (nSPS) is 13.7. The van der Waals surface area contributed by atoms with Crippen LogP contribution in [0.1, 0.15) is 39.6 Å². The standard InChI is InChI=1S/C16H12O2/c1-10(17)15-13-7-3-2-5-11(13)9-12-6-4-8-14(18)16(12)15/h2-7,9H,8H2,1H3. The van der Waals surface area contributed by atoms with Gasteiger partial charge in [0.2, 0.25) is 0 Å². The van der Waals surface area contributed by atoms with E-state index in [1.165, 1.54) is 6.92 Å². The van der Waals surface area contributed by atoms with Gasteiger partial charge in [-0.2, -0.15) is 0 Å². The van der Waals surface area contributed by atoms with Gasteiger partial charge in [0.1, 0.15) is 0 Å². The van der Waals surface area contributed by atoms with Gasteiger partial charge >= 0.3 is 0 Å². The lowest BCUT2D eigenvalue weighted by Gasteiger charge is -2.15. The Kier molecular flexibility index (Phi) is 2.37. The van der Waals surface area contributed by atoms with Gasteiger partial charge in [-0.1, -0.05) is 36.4 Å². The second kappa shape index (κ2) is 3.91. The zero-order valence-electron chi connectivity index (χ0n) is 10.1. The summed E-state index contributed by atoms with van der Waals surface area (Å²) in [5.41, 5.74) is 2.01. The smallest absolute Gasteiger partial charge is 0.167 e. The molecule has 88 valence electrons. The van der Waals surface area contributed by atoms with Gasteiger partial charge in [0.15, 0.2) is 11.6 Å². The van der Waals surface area contributed by atoms with Crippen molar-refractivity contribution < 1.29 is 9.59 Å². The van der Waals surface area contributed by atoms with Gasteiger partial charge in [-0.25, -0.2) is 0 Å². The molecule has 0 saturated heterocycles. The van der Waals surface area contributed by atoms with Crippen molar-refractivity contribution >= 4 is 28.4 Å². The van der Waals surface area contributed by atoms with Crippen LogP contribution >= 0.6 is 0 Å². The Morgan fingerprint density at radius 1 is 1.22 bits per heavy atom. The van der Waals surface area contributed by atoms with Crippen molar-refractivity contribution in [3.63, 3.8) is 0 Å². The summed E-state index contributed by atoms with van der Waals surface area (Å²) in [6.07, 6.45) is 4.16. The Bertz CT molecular complexity index is 708. The molecule has 3 rings (SSSR count). The molecule has 0 unspecified atom stereocenters. The van der Waals surface area contributed by atoms with Crippen LogP contribution in [0.2, 0.25) is 0 Å². The van der Waals surface area contributed by atoms with Crippen LogP contribution in [0.3, 0.4) is 0 Å². The number of hydrogen-bond acceptors (Lipinski definition) is 2. The van der Waals surface area contributed by atoms with Gasteiger partial charge in [0.05, 0.1) is 0 Å². The zero-order chi connectivity index (χ0) is 12.7. The van der Waals surface area contributed by atoms with Crippen LogP contribution in [-0.4, -0.2) is 11.6 Å². The van der Waals surface area contributed by atoms with Crippen LogP contribution in [-0.2, 0) is 0 Å². The molecule has 2 aromatic carbocycles. The van der Waals surface area contributed by atoms with Crippen LogP contribution < -0.4 is 0 Å². The molecule has 2 heteroatoms. The van der Waals surface area contributed by atoms with Gasteiger partial charge in [-0.3, -0.25) is 9.59 Å². The SMILES string of the molecule is CC(=O)c1c2c(cc3ccccc13)C=CCC2=O. The maximum atomic E-state index is 12.1. The monoisotopic (exact) mass is 236 g/mol. The molecular weight excluding hydrogens is 224 g/mol. The van der Waals surface area contributed by atoms with E-state index in [9.17, 15) is 9.59 Å². The van der Waals surface area contributed by atoms with E-state index in [1.54, 1.807) is 0 Å². The molecule has 0 aromatic heterocycles.